The average Bonchev–Trinajstić information content (AvgIpc) is 2.19. The van der Waals surface area contributed by atoms with Crippen molar-refractivity contribution in [1.29, 1.82) is 0 Å². The van der Waals surface area contributed by atoms with Crippen molar-refractivity contribution in [2.75, 3.05) is 0 Å². The van der Waals surface area contributed by atoms with Crippen molar-refractivity contribution >= 4 is 11.6 Å². The SMILES string of the molecule is CCC(C)C(N)c1cc(F)ccc1Cl. The van der Waals surface area contributed by atoms with Crippen molar-refractivity contribution in [3.05, 3.63) is 34.6 Å². The highest BCUT2D eigenvalue weighted by atomic mass is 35.5. The van der Waals surface area contributed by atoms with Crippen LogP contribution in [0.15, 0.2) is 18.2 Å². The Balaban J connectivity index is 2.99. The second-order valence-corrected chi connectivity index (χ2v) is 3.98. The summed E-state index contributed by atoms with van der Waals surface area (Å²) in [7, 11) is 0. The van der Waals surface area contributed by atoms with Crippen molar-refractivity contribution in [1.82, 2.24) is 0 Å². The van der Waals surface area contributed by atoms with Crippen LogP contribution in [0.1, 0.15) is 31.9 Å². The quantitative estimate of drug-likeness (QED) is 0.820. The van der Waals surface area contributed by atoms with E-state index in [1.165, 1.54) is 12.1 Å². The van der Waals surface area contributed by atoms with Gasteiger partial charge in [0.05, 0.1) is 0 Å². The number of rotatable bonds is 3. The summed E-state index contributed by atoms with van der Waals surface area (Å²) in [6, 6.07) is 4.12. The van der Waals surface area contributed by atoms with Gasteiger partial charge < -0.3 is 5.73 Å². The maximum atomic E-state index is 13.0. The molecule has 0 saturated carbocycles. The zero-order valence-corrected chi connectivity index (χ0v) is 9.18. The third-order valence-electron chi connectivity index (χ3n) is 2.57. The first kappa shape index (κ1) is 11.5. The molecule has 1 rings (SSSR count). The van der Waals surface area contributed by atoms with E-state index in [0.29, 0.717) is 16.5 Å². The van der Waals surface area contributed by atoms with Gasteiger partial charge in [-0.2, -0.15) is 0 Å². The predicted molar refractivity (Wildman–Crippen MR) is 57.8 cm³/mol. The molecular weight excluding hydrogens is 201 g/mol. The summed E-state index contributed by atoms with van der Waals surface area (Å²) < 4.78 is 13.0. The standard InChI is InChI=1S/C11H15ClFN/c1-3-7(2)11(14)9-6-8(13)4-5-10(9)12/h4-7,11H,3,14H2,1-2H3. The van der Waals surface area contributed by atoms with E-state index in [-0.39, 0.29) is 11.9 Å². The van der Waals surface area contributed by atoms with Gasteiger partial charge >= 0.3 is 0 Å². The van der Waals surface area contributed by atoms with Gasteiger partial charge in [0.25, 0.3) is 0 Å². The third-order valence-corrected chi connectivity index (χ3v) is 2.92. The molecule has 78 valence electrons. The summed E-state index contributed by atoms with van der Waals surface area (Å²) in [5, 5.41) is 0.541. The smallest absolute Gasteiger partial charge is 0.123 e. The molecule has 0 fully saturated rings. The van der Waals surface area contributed by atoms with E-state index in [1.54, 1.807) is 6.07 Å². The summed E-state index contributed by atoms with van der Waals surface area (Å²) in [6.07, 6.45) is 0.952. The fraction of sp³-hybridized carbons (Fsp3) is 0.455. The van der Waals surface area contributed by atoms with Crippen LogP contribution >= 0.6 is 11.6 Å². The van der Waals surface area contributed by atoms with Gasteiger partial charge in [-0.05, 0) is 29.7 Å². The van der Waals surface area contributed by atoms with Crippen LogP contribution in [0, 0.1) is 11.7 Å². The number of halogens is 2. The molecule has 0 aliphatic heterocycles. The number of nitrogens with two attached hydrogens (primary N) is 1. The molecule has 2 unspecified atom stereocenters. The van der Waals surface area contributed by atoms with Crippen molar-refractivity contribution in [3.8, 4) is 0 Å². The Morgan fingerprint density at radius 3 is 2.71 bits per heavy atom. The lowest BCUT2D eigenvalue weighted by Gasteiger charge is -2.19. The lowest BCUT2D eigenvalue weighted by atomic mass is 9.93. The monoisotopic (exact) mass is 215 g/mol. The van der Waals surface area contributed by atoms with Crippen LogP contribution in [0.25, 0.3) is 0 Å². The van der Waals surface area contributed by atoms with Crippen molar-refractivity contribution in [2.45, 2.75) is 26.3 Å². The molecule has 0 radical (unpaired) electrons. The largest absolute Gasteiger partial charge is 0.324 e. The molecule has 1 aromatic rings. The second-order valence-electron chi connectivity index (χ2n) is 3.58. The first-order valence-corrected chi connectivity index (χ1v) is 5.14. The molecule has 2 N–H and O–H groups in total. The van der Waals surface area contributed by atoms with Crippen molar-refractivity contribution in [3.63, 3.8) is 0 Å². The van der Waals surface area contributed by atoms with E-state index in [2.05, 4.69) is 6.92 Å². The second kappa shape index (κ2) is 4.76. The van der Waals surface area contributed by atoms with Crippen LogP contribution in [0.2, 0.25) is 5.02 Å². The van der Waals surface area contributed by atoms with Crippen molar-refractivity contribution in [2.24, 2.45) is 11.7 Å². The maximum absolute atomic E-state index is 13.0. The van der Waals surface area contributed by atoms with E-state index in [4.69, 9.17) is 17.3 Å². The topological polar surface area (TPSA) is 26.0 Å². The molecule has 2 atom stereocenters. The minimum Gasteiger partial charge on any atom is -0.324 e. The van der Waals surface area contributed by atoms with Gasteiger partial charge in [0, 0.05) is 11.1 Å². The minimum atomic E-state index is -0.289. The Labute approximate surface area is 89.1 Å². The van der Waals surface area contributed by atoms with E-state index < -0.39 is 0 Å². The molecule has 0 aliphatic carbocycles. The Morgan fingerprint density at radius 1 is 1.50 bits per heavy atom. The first-order chi connectivity index (χ1) is 6.56. The van der Waals surface area contributed by atoms with E-state index >= 15 is 0 Å². The highest BCUT2D eigenvalue weighted by Gasteiger charge is 2.16. The van der Waals surface area contributed by atoms with Gasteiger partial charge in [-0.1, -0.05) is 31.9 Å². The van der Waals surface area contributed by atoms with Gasteiger partial charge in [0.1, 0.15) is 5.82 Å². The molecule has 1 aromatic carbocycles. The molecule has 0 saturated heterocycles. The third kappa shape index (κ3) is 2.46. The predicted octanol–water partition coefficient (Wildman–Crippen LogP) is 3.53. The molecule has 0 spiro atoms. The summed E-state index contributed by atoms with van der Waals surface area (Å²) in [4.78, 5) is 0. The Hall–Kier alpha value is -0.600. The van der Waals surface area contributed by atoms with Gasteiger partial charge in [-0.15, -0.1) is 0 Å². The van der Waals surface area contributed by atoms with Crippen LogP contribution in [0.5, 0.6) is 0 Å². The molecular formula is C11H15ClFN. The number of benzene rings is 1. The summed E-state index contributed by atoms with van der Waals surface area (Å²) in [6.45, 7) is 4.09. The fourth-order valence-corrected chi connectivity index (χ4v) is 1.57. The van der Waals surface area contributed by atoms with Crippen LogP contribution < -0.4 is 5.73 Å². The van der Waals surface area contributed by atoms with Gasteiger partial charge in [-0.25, -0.2) is 4.39 Å². The molecule has 1 nitrogen and oxygen atoms in total. The van der Waals surface area contributed by atoms with Crippen LogP contribution in [-0.4, -0.2) is 0 Å². The highest BCUT2D eigenvalue weighted by molar-refractivity contribution is 6.31. The molecule has 0 bridgehead atoms. The van der Waals surface area contributed by atoms with Crippen molar-refractivity contribution < 1.29 is 4.39 Å². The Kier molecular flexibility index (Phi) is 3.90. The Morgan fingerprint density at radius 2 is 2.14 bits per heavy atom. The molecule has 0 aliphatic rings. The first-order valence-electron chi connectivity index (χ1n) is 4.76. The molecule has 14 heavy (non-hydrogen) atoms. The van der Waals surface area contributed by atoms with E-state index in [0.717, 1.165) is 6.42 Å². The molecule has 0 aromatic heterocycles. The number of hydrogen-bond donors (Lipinski definition) is 1. The molecule has 0 heterocycles. The van der Waals surface area contributed by atoms with E-state index in [9.17, 15) is 4.39 Å². The fourth-order valence-electron chi connectivity index (χ4n) is 1.33. The molecule has 0 amide bonds. The average molecular weight is 216 g/mol. The zero-order chi connectivity index (χ0) is 10.7. The van der Waals surface area contributed by atoms with Crippen LogP contribution in [0.3, 0.4) is 0 Å². The zero-order valence-electron chi connectivity index (χ0n) is 8.43. The van der Waals surface area contributed by atoms with Crippen LogP contribution in [0.4, 0.5) is 4.39 Å². The van der Waals surface area contributed by atoms with Gasteiger partial charge in [0.2, 0.25) is 0 Å². The lowest BCUT2D eigenvalue weighted by molar-refractivity contribution is 0.455. The lowest BCUT2D eigenvalue weighted by Crippen LogP contribution is -2.19. The van der Waals surface area contributed by atoms with Crippen LogP contribution in [-0.2, 0) is 0 Å². The Bertz CT molecular complexity index is 314. The number of hydrogen-bond acceptors (Lipinski definition) is 1. The summed E-state index contributed by atoms with van der Waals surface area (Å²) in [5.74, 6) is 0.0115. The molecule has 3 heteroatoms. The highest BCUT2D eigenvalue weighted by Crippen LogP contribution is 2.28. The summed E-state index contributed by atoms with van der Waals surface area (Å²) >= 11 is 5.95. The summed E-state index contributed by atoms with van der Waals surface area (Å²) in [5.41, 5.74) is 6.66. The maximum Gasteiger partial charge on any atom is 0.123 e. The minimum absolute atomic E-state index is 0.191. The normalized spacial score (nSPS) is 15.2. The van der Waals surface area contributed by atoms with Gasteiger partial charge in [0.15, 0.2) is 0 Å². The van der Waals surface area contributed by atoms with Gasteiger partial charge in [-0.3, -0.25) is 0 Å². The van der Waals surface area contributed by atoms with E-state index in [1.807, 2.05) is 6.92 Å².